The lowest BCUT2D eigenvalue weighted by Crippen LogP contribution is -2.52. The van der Waals surface area contributed by atoms with Crippen LogP contribution < -0.4 is 19.6 Å². The molecule has 0 radical (unpaired) electrons. The summed E-state index contributed by atoms with van der Waals surface area (Å²) in [5, 5.41) is 6.88. The number of hydrogen-bond donors (Lipinski definition) is 0. The minimum atomic E-state index is -4.76. The van der Waals surface area contributed by atoms with Gasteiger partial charge in [0, 0.05) is 21.5 Å². The molecule has 0 N–H and O–H groups in total. The molecule has 8 nitrogen and oxygen atoms in total. The van der Waals surface area contributed by atoms with Gasteiger partial charge < -0.3 is 19.6 Å². The van der Waals surface area contributed by atoms with E-state index in [0.717, 1.165) is 43.1 Å². The molecule has 0 fully saturated rings. The fraction of sp³-hybridized carbons (Fsp3) is 0. The van der Waals surface area contributed by atoms with Crippen molar-refractivity contribution in [3.8, 4) is 23.0 Å². The Bertz CT molecular complexity index is 2040. The molecule has 0 spiro atoms. The zero-order valence-electron chi connectivity index (χ0n) is 25.9. The molecule has 8 rings (SSSR count). The van der Waals surface area contributed by atoms with E-state index in [1.807, 2.05) is 146 Å². The van der Waals surface area contributed by atoms with Crippen LogP contribution in [0.3, 0.4) is 0 Å². The second kappa shape index (κ2) is 13.7. The number of benzene rings is 8. The van der Waals surface area contributed by atoms with Crippen molar-refractivity contribution in [1.82, 2.24) is 0 Å². The molecule has 8 aromatic rings. The van der Waals surface area contributed by atoms with Crippen molar-refractivity contribution in [2.45, 2.75) is 0 Å². The van der Waals surface area contributed by atoms with E-state index in [1.165, 1.54) is 0 Å². The van der Waals surface area contributed by atoms with Gasteiger partial charge in [-0.2, -0.15) is 0 Å². The lowest BCUT2D eigenvalue weighted by Gasteiger charge is -2.24. The van der Waals surface area contributed by atoms with E-state index in [0.29, 0.717) is 23.0 Å². The van der Waals surface area contributed by atoms with Gasteiger partial charge in [-0.05, 0) is 45.8 Å². The summed E-state index contributed by atoms with van der Waals surface area (Å²) < 4.78 is 24.1. The van der Waals surface area contributed by atoms with E-state index in [2.05, 4.69) is 0 Å². The fourth-order valence-corrected chi connectivity index (χ4v) is 6.47. The van der Waals surface area contributed by atoms with Crippen molar-refractivity contribution in [3.63, 3.8) is 0 Å². The molecule has 8 aromatic carbocycles. The van der Waals surface area contributed by atoms with E-state index in [9.17, 15) is 0 Å². The summed E-state index contributed by atoms with van der Waals surface area (Å²) in [6.07, 6.45) is 0. The Kier molecular flexibility index (Phi) is 8.47. The van der Waals surface area contributed by atoms with Crippen LogP contribution in [0.25, 0.3) is 43.1 Å². The van der Waals surface area contributed by atoms with Crippen molar-refractivity contribution in [2.75, 3.05) is 0 Å². The van der Waals surface area contributed by atoms with Gasteiger partial charge >= 0.3 is 9.05 Å². The molecule has 0 saturated heterocycles. The molecular formula is C40H28O8Si. The minimum Gasteiger partial charge on any atom is -0.341 e. The van der Waals surface area contributed by atoms with Gasteiger partial charge in [-0.15, -0.1) is 18.3 Å². The maximum atomic E-state index is 6.02. The number of fused-ring (bicyclic) bond motifs is 4. The Labute approximate surface area is 282 Å². The van der Waals surface area contributed by atoms with Gasteiger partial charge in [-0.25, -0.2) is 0 Å². The van der Waals surface area contributed by atoms with Gasteiger partial charge in [0.05, 0.1) is 0 Å². The van der Waals surface area contributed by atoms with E-state index in [1.54, 1.807) is 24.3 Å². The lowest BCUT2D eigenvalue weighted by atomic mass is 10.1. The Morgan fingerprint density at radius 1 is 0.245 bits per heavy atom. The molecule has 49 heavy (non-hydrogen) atoms. The normalized spacial score (nSPS) is 11.6. The molecular weight excluding hydrogens is 637 g/mol. The summed E-state index contributed by atoms with van der Waals surface area (Å²) in [6, 6.07) is 53.1. The molecule has 0 atom stereocenters. The molecule has 240 valence electrons. The van der Waals surface area contributed by atoms with Crippen molar-refractivity contribution in [2.24, 2.45) is 0 Å². The maximum Gasteiger partial charge on any atom is 0.830 e. The average Bonchev–Trinajstić information content (AvgIpc) is 3.17. The highest BCUT2D eigenvalue weighted by atomic mass is 28.4. The van der Waals surface area contributed by atoms with Crippen LogP contribution in [0.4, 0.5) is 0 Å². The van der Waals surface area contributed by atoms with Crippen LogP contribution in [0.5, 0.6) is 23.0 Å². The average molecular weight is 665 g/mol. The minimum absolute atomic E-state index is 0.381. The summed E-state index contributed by atoms with van der Waals surface area (Å²) >= 11 is 0. The maximum absolute atomic E-state index is 6.02. The molecule has 0 amide bonds. The highest BCUT2D eigenvalue weighted by molar-refractivity contribution is 6.52. The van der Waals surface area contributed by atoms with Crippen molar-refractivity contribution >= 4 is 52.1 Å². The Hall–Kier alpha value is -5.94. The van der Waals surface area contributed by atoms with Gasteiger partial charge in [0.1, 0.15) is 0 Å². The topological polar surface area (TPSA) is 73.8 Å². The summed E-state index contributed by atoms with van der Waals surface area (Å²) in [4.78, 5) is 23.8. The first-order valence-corrected chi connectivity index (χ1v) is 17.2. The van der Waals surface area contributed by atoms with E-state index >= 15 is 0 Å². The number of rotatable bonds is 12. The highest BCUT2D eigenvalue weighted by Crippen LogP contribution is 2.33. The van der Waals surface area contributed by atoms with Gasteiger partial charge in [0.15, 0.2) is 23.0 Å². The predicted octanol–water partition coefficient (Wildman–Crippen LogP) is 10.1. The van der Waals surface area contributed by atoms with Crippen LogP contribution in [-0.2, 0) is 18.3 Å². The molecule has 0 heterocycles. The molecule has 0 saturated carbocycles. The van der Waals surface area contributed by atoms with Gasteiger partial charge in [0.2, 0.25) is 0 Å². The summed E-state index contributed by atoms with van der Waals surface area (Å²) in [5.41, 5.74) is 0. The van der Waals surface area contributed by atoms with Crippen molar-refractivity contribution < 1.29 is 37.9 Å². The van der Waals surface area contributed by atoms with Crippen LogP contribution in [0.2, 0.25) is 0 Å². The van der Waals surface area contributed by atoms with E-state index in [4.69, 9.17) is 37.9 Å². The molecule has 9 heteroatoms. The third-order valence-corrected chi connectivity index (χ3v) is 9.08. The largest absolute Gasteiger partial charge is 0.830 e. The first kappa shape index (κ1) is 30.4. The molecule has 0 aliphatic rings. The first-order chi connectivity index (χ1) is 24.2. The second-order valence-electron chi connectivity index (χ2n) is 11.1. The van der Waals surface area contributed by atoms with Crippen molar-refractivity contribution in [3.05, 3.63) is 170 Å². The standard InChI is InChI=1S/C40H28O8Si/c1-5-21-33-29(13-1)17-9-25-37(33)41-45-49(46-42-38-26-10-18-30-14-2-6-22-34(30)38,47-43-39-27-11-19-31-15-3-7-23-35(31)39)48-44-40-28-12-20-32-16-4-8-24-36(32)40/h1-28H. The summed E-state index contributed by atoms with van der Waals surface area (Å²) in [7, 11) is -4.76. The van der Waals surface area contributed by atoms with Crippen molar-refractivity contribution in [1.29, 1.82) is 0 Å². The van der Waals surface area contributed by atoms with Crippen LogP contribution in [0.15, 0.2) is 170 Å². The Balaban J connectivity index is 1.19. The second-order valence-corrected chi connectivity index (χ2v) is 12.7. The van der Waals surface area contributed by atoms with Gasteiger partial charge in [-0.3, -0.25) is 0 Å². The lowest BCUT2D eigenvalue weighted by molar-refractivity contribution is -0.352. The van der Waals surface area contributed by atoms with Gasteiger partial charge in [-0.1, -0.05) is 146 Å². The summed E-state index contributed by atoms with van der Waals surface area (Å²) in [5.74, 6) is 1.52. The van der Waals surface area contributed by atoms with Gasteiger partial charge in [0.25, 0.3) is 0 Å². The smallest absolute Gasteiger partial charge is 0.341 e. The molecule has 0 bridgehead atoms. The quantitative estimate of drug-likeness (QED) is 0.0726. The molecule has 0 unspecified atom stereocenters. The summed E-state index contributed by atoms with van der Waals surface area (Å²) in [6.45, 7) is 0. The fourth-order valence-electron chi connectivity index (χ4n) is 5.54. The zero-order chi connectivity index (χ0) is 32.9. The third-order valence-electron chi connectivity index (χ3n) is 7.93. The van der Waals surface area contributed by atoms with Crippen LogP contribution in [-0.4, -0.2) is 9.05 Å². The monoisotopic (exact) mass is 664 g/mol. The SMILES string of the molecule is c1ccc2c(OO[Si](OOc3cccc4ccccc34)(OOc3cccc4ccccc34)OOc3cccc4ccccc34)cccc2c1. The molecule has 0 aliphatic carbocycles. The zero-order valence-corrected chi connectivity index (χ0v) is 26.9. The molecule has 0 aromatic heterocycles. The first-order valence-electron chi connectivity index (χ1n) is 15.6. The number of hydrogen-bond acceptors (Lipinski definition) is 8. The van der Waals surface area contributed by atoms with Crippen LogP contribution in [0.1, 0.15) is 0 Å². The third kappa shape index (κ3) is 6.48. The van der Waals surface area contributed by atoms with E-state index < -0.39 is 9.05 Å². The van der Waals surface area contributed by atoms with E-state index in [-0.39, 0.29) is 0 Å². The Morgan fingerprint density at radius 2 is 0.469 bits per heavy atom. The highest BCUT2D eigenvalue weighted by Gasteiger charge is 2.58. The Morgan fingerprint density at radius 3 is 0.735 bits per heavy atom. The van der Waals surface area contributed by atoms with Crippen LogP contribution >= 0.6 is 0 Å². The van der Waals surface area contributed by atoms with Crippen LogP contribution in [0, 0.1) is 0 Å². The molecule has 0 aliphatic heterocycles. The predicted molar refractivity (Wildman–Crippen MR) is 188 cm³/mol.